The molecule has 0 radical (unpaired) electrons. The first-order valence-corrected chi connectivity index (χ1v) is 5.08. The highest BCUT2D eigenvalue weighted by molar-refractivity contribution is 5.47. The van der Waals surface area contributed by atoms with Gasteiger partial charge in [-0.05, 0) is 33.3 Å². The Balaban J connectivity index is 2.95. The van der Waals surface area contributed by atoms with Gasteiger partial charge in [0.2, 0.25) is 5.88 Å². The molecule has 0 fully saturated rings. The predicted octanol–water partition coefficient (Wildman–Crippen LogP) is 3.50. The molecule has 0 aliphatic rings. The van der Waals surface area contributed by atoms with Gasteiger partial charge in [-0.3, -0.25) is 0 Å². The zero-order chi connectivity index (χ0) is 13.3. The Bertz CT molecular complexity index is 397. The number of alkyl halides is 3. The third-order valence-electron chi connectivity index (χ3n) is 1.79. The molecule has 0 amide bonds. The summed E-state index contributed by atoms with van der Waals surface area (Å²) in [5.74, 6) is -0.0749. The lowest BCUT2D eigenvalue weighted by Crippen LogP contribution is -2.27. The molecule has 0 unspecified atom stereocenters. The minimum atomic E-state index is -4.72. The fraction of sp³-hybridized carbons (Fsp3) is 0.545. The van der Waals surface area contributed by atoms with Crippen LogP contribution in [0.4, 0.5) is 19.0 Å². The van der Waals surface area contributed by atoms with Gasteiger partial charge in [-0.15, -0.1) is 13.2 Å². The van der Waals surface area contributed by atoms with E-state index in [1.165, 1.54) is 12.1 Å². The van der Waals surface area contributed by atoms with Crippen molar-refractivity contribution in [2.45, 2.75) is 39.6 Å². The number of aryl methyl sites for hydroxylation is 1. The van der Waals surface area contributed by atoms with Gasteiger partial charge < -0.3 is 10.1 Å². The number of ether oxygens (including phenoxy) is 1. The Kier molecular flexibility index (Phi) is 3.54. The van der Waals surface area contributed by atoms with Gasteiger partial charge in [0.25, 0.3) is 0 Å². The summed E-state index contributed by atoms with van der Waals surface area (Å²) in [6.45, 7) is 7.45. The highest BCUT2D eigenvalue weighted by atomic mass is 19.4. The Morgan fingerprint density at radius 1 is 1.18 bits per heavy atom. The maximum absolute atomic E-state index is 12.0. The largest absolute Gasteiger partial charge is 0.574 e. The summed E-state index contributed by atoms with van der Waals surface area (Å²) in [6, 6.07) is 2.72. The molecule has 0 aliphatic heterocycles. The summed E-state index contributed by atoms with van der Waals surface area (Å²) >= 11 is 0. The van der Waals surface area contributed by atoms with Crippen LogP contribution < -0.4 is 10.1 Å². The second-order valence-corrected chi connectivity index (χ2v) is 4.74. The van der Waals surface area contributed by atoms with Crippen LogP contribution in [0, 0.1) is 6.92 Å². The highest BCUT2D eigenvalue weighted by Crippen LogP contribution is 2.25. The van der Waals surface area contributed by atoms with Gasteiger partial charge in [0.15, 0.2) is 0 Å². The summed E-state index contributed by atoms with van der Waals surface area (Å²) in [4.78, 5) is 3.79. The van der Waals surface area contributed by atoms with E-state index in [2.05, 4.69) is 15.0 Å². The fourth-order valence-electron chi connectivity index (χ4n) is 1.17. The van der Waals surface area contributed by atoms with E-state index < -0.39 is 12.2 Å². The number of hydrogen-bond donors (Lipinski definition) is 1. The van der Waals surface area contributed by atoms with E-state index in [0.717, 1.165) is 5.56 Å². The molecule has 96 valence electrons. The Morgan fingerprint density at radius 3 is 2.24 bits per heavy atom. The quantitative estimate of drug-likeness (QED) is 0.869. The van der Waals surface area contributed by atoms with Gasteiger partial charge >= 0.3 is 6.36 Å². The first-order valence-electron chi connectivity index (χ1n) is 5.08. The molecule has 0 saturated carbocycles. The van der Waals surface area contributed by atoms with Crippen molar-refractivity contribution in [3.63, 3.8) is 0 Å². The van der Waals surface area contributed by atoms with E-state index in [0.29, 0.717) is 5.82 Å². The smallest absolute Gasteiger partial charge is 0.388 e. The van der Waals surface area contributed by atoms with Crippen LogP contribution in [0.25, 0.3) is 0 Å². The highest BCUT2D eigenvalue weighted by Gasteiger charge is 2.32. The van der Waals surface area contributed by atoms with Crippen molar-refractivity contribution in [3.05, 3.63) is 17.7 Å². The molecule has 6 heteroatoms. The maximum atomic E-state index is 12.0. The lowest BCUT2D eigenvalue weighted by Gasteiger charge is -2.23. The van der Waals surface area contributed by atoms with Crippen LogP contribution in [0.2, 0.25) is 0 Å². The van der Waals surface area contributed by atoms with Crippen molar-refractivity contribution in [3.8, 4) is 5.88 Å². The van der Waals surface area contributed by atoms with E-state index in [4.69, 9.17) is 0 Å². The number of nitrogens with one attached hydrogen (secondary N) is 1. The number of halogens is 3. The average Bonchev–Trinajstić information content (AvgIpc) is 2.05. The molecule has 0 bridgehead atoms. The molecule has 0 aliphatic carbocycles. The maximum Gasteiger partial charge on any atom is 0.574 e. The number of hydrogen-bond acceptors (Lipinski definition) is 3. The zero-order valence-electron chi connectivity index (χ0n) is 10.1. The Hall–Kier alpha value is -1.46. The zero-order valence-corrected chi connectivity index (χ0v) is 10.1. The number of aromatic nitrogens is 1. The van der Waals surface area contributed by atoms with Gasteiger partial charge in [-0.1, -0.05) is 6.07 Å². The molecule has 1 heterocycles. The molecule has 3 nitrogen and oxygen atoms in total. The molecule has 1 rings (SSSR count). The lowest BCUT2D eigenvalue weighted by atomic mass is 10.1. The van der Waals surface area contributed by atoms with Crippen LogP contribution >= 0.6 is 0 Å². The molecule has 0 aromatic carbocycles. The molecule has 0 saturated heterocycles. The minimum Gasteiger partial charge on any atom is -0.388 e. The van der Waals surface area contributed by atoms with Gasteiger partial charge in [0, 0.05) is 11.6 Å². The SMILES string of the molecule is Cc1ccc(OC(F)(F)F)nc1NC(C)(C)C. The summed E-state index contributed by atoms with van der Waals surface area (Å²) < 4.78 is 39.8. The molecule has 1 aromatic heterocycles. The summed E-state index contributed by atoms with van der Waals surface area (Å²) in [7, 11) is 0. The first-order chi connectivity index (χ1) is 7.57. The average molecular weight is 248 g/mol. The van der Waals surface area contributed by atoms with Crippen molar-refractivity contribution in [1.29, 1.82) is 0 Å². The van der Waals surface area contributed by atoms with Crippen LogP contribution in [0.3, 0.4) is 0 Å². The van der Waals surface area contributed by atoms with Crippen LogP contribution in [-0.2, 0) is 0 Å². The standard InChI is InChI=1S/C11H15F3N2O/c1-7-5-6-8(17-11(12,13)14)15-9(7)16-10(2,3)4/h5-6H,1-4H3,(H,15,16). The normalized spacial score (nSPS) is 12.4. The molecule has 1 N–H and O–H groups in total. The van der Waals surface area contributed by atoms with Crippen molar-refractivity contribution in [2.75, 3.05) is 5.32 Å². The van der Waals surface area contributed by atoms with E-state index >= 15 is 0 Å². The van der Waals surface area contributed by atoms with E-state index in [1.54, 1.807) is 6.92 Å². The monoisotopic (exact) mass is 248 g/mol. The van der Waals surface area contributed by atoms with Gasteiger partial charge in [0.05, 0.1) is 0 Å². The minimum absolute atomic E-state index is 0.283. The number of pyridine rings is 1. The van der Waals surface area contributed by atoms with E-state index in [9.17, 15) is 13.2 Å². The van der Waals surface area contributed by atoms with Crippen molar-refractivity contribution < 1.29 is 17.9 Å². The van der Waals surface area contributed by atoms with Crippen molar-refractivity contribution >= 4 is 5.82 Å². The molecular weight excluding hydrogens is 233 g/mol. The predicted molar refractivity (Wildman–Crippen MR) is 59.0 cm³/mol. The third kappa shape index (κ3) is 4.93. The van der Waals surface area contributed by atoms with E-state index in [1.807, 2.05) is 20.8 Å². The number of nitrogens with zero attached hydrogens (tertiary/aromatic N) is 1. The molecule has 1 aromatic rings. The van der Waals surface area contributed by atoms with Crippen LogP contribution in [0.15, 0.2) is 12.1 Å². The van der Waals surface area contributed by atoms with Gasteiger partial charge in [-0.25, -0.2) is 0 Å². The second kappa shape index (κ2) is 4.43. The molecule has 0 atom stereocenters. The second-order valence-electron chi connectivity index (χ2n) is 4.74. The Morgan fingerprint density at radius 2 is 1.76 bits per heavy atom. The van der Waals surface area contributed by atoms with Gasteiger partial charge in [0.1, 0.15) is 5.82 Å². The number of rotatable bonds is 2. The summed E-state index contributed by atoms with van der Waals surface area (Å²) in [6.07, 6.45) is -4.72. The number of anilines is 1. The molecular formula is C11H15F3N2O. The molecule has 17 heavy (non-hydrogen) atoms. The summed E-state index contributed by atoms with van der Waals surface area (Å²) in [5.41, 5.74) is 0.476. The third-order valence-corrected chi connectivity index (χ3v) is 1.79. The van der Waals surface area contributed by atoms with Crippen LogP contribution in [-0.4, -0.2) is 16.9 Å². The van der Waals surface area contributed by atoms with Crippen molar-refractivity contribution in [1.82, 2.24) is 4.98 Å². The fourth-order valence-corrected chi connectivity index (χ4v) is 1.17. The van der Waals surface area contributed by atoms with Crippen LogP contribution in [0.5, 0.6) is 5.88 Å². The molecule has 0 spiro atoms. The van der Waals surface area contributed by atoms with Crippen LogP contribution in [0.1, 0.15) is 26.3 Å². The van der Waals surface area contributed by atoms with Gasteiger partial charge in [-0.2, -0.15) is 4.98 Å². The van der Waals surface area contributed by atoms with Crippen molar-refractivity contribution in [2.24, 2.45) is 0 Å². The van der Waals surface area contributed by atoms with E-state index in [-0.39, 0.29) is 5.54 Å². The topological polar surface area (TPSA) is 34.1 Å². The lowest BCUT2D eigenvalue weighted by molar-refractivity contribution is -0.276. The Labute approximate surface area is 98.0 Å². The first kappa shape index (κ1) is 13.6. The summed E-state index contributed by atoms with van der Waals surface area (Å²) in [5, 5.41) is 3.02.